The van der Waals surface area contributed by atoms with Crippen LogP contribution in [0.4, 0.5) is 0 Å². The maximum absolute atomic E-state index is 2.52. The van der Waals surface area contributed by atoms with Gasteiger partial charge in [-0.3, -0.25) is 0 Å². The van der Waals surface area contributed by atoms with Gasteiger partial charge < -0.3 is 0 Å². The Bertz CT molecular complexity index is 788. The normalized spacial score (nSPS) is 26.2. The monoisotopic (exact) mass is 430 g/mol. The summed E-state index contributed by atoms with van der Waals surface area (Å²) in [5, 5.41) is 0. The van der Waals surface area contributed by atoms with Gasteiger partial charge in [-0.25, -0.2) is 0 Å². The number of unbranched alkanes of at least 4 members (excludes halogenated alkanes) is 2. The second kappa shape index (κ2) is 12.1. The summed E-state index contributed by atoms with van der Waals surface area (Å²) in [7, 11) is 0. The Labute approximate surface area is 198 Å². The van der Waals surface area contributed by atoms with Gasteiger partial charge in [-0.05, 0) is 97.3 Å². The van der Waals surface area contributed by atoms with Crippen molar-refractivity contribution in [1.82, 2.24) is 0 Å². The van der Waals surface area contributed by atoms with Gasteiger partial charge in [-0.2, -0.15) is 0 Å². The van der Waals surface area contributed by atoms with Crippen molar-refractivity contribution in [1.29, 1.82) is 0 Å². The van der Waals surface area contributed by atoms with Crippen molar-refractivity contribution in [2.24, 2.45) is 11.8 Å². The Morgan fingerprint density at radius 2 is 1.25 bits per heavy atom. The van der Waals surface area contributed by atoms with E-state index in [9.17, 15) is 0 Å². The second-order valence-electron chi connectivity index (χ2n) is 10.9. The van der Waals surface area contributed by atoms with Gasteiger partial charge in [0.15, 0.2) is 0 Å². The van der Waals surface area contributed by atoms with E-state index in [1.54, 1.807) is 11.1 Å². The van der Waals surface area contributed by atoms with E-state index in [0.29, 0.717) is 0 Å². The van der Waals surface area contributed by atoms with Crippen LogP contribution in [-0.2, 0) is 0 Å². The minimum atomic E-state index is 0.761. The zero-order chi connectivity index (χ0) is 22.2. The van der Waals surface area contributed by atoms with E-state index in [1.165, 1.54) is 101 Å². The molecule has 0 bridgehead atoms. The fraction of sp³-hybridized carbons (Fsp3) is 0.625. The molecular formula is C32H46. The molecule has 0 atom stereocenters. The summed E-state index contributed by atoms with van der Waals surface area (Å²) in [6, 6.07) is 18.5. The average Bonchev–Trinajstić information content (AvgIpc) is 2.85. The summed E-state index contributed by atoms with van der Waals surface area (Å²) >= 11 is 0. The Hall–Kier alpha value is -1.56. The van der Waals surface area contributed by atoms with Gasteiger partial charge in [-0.15, -0.1) is 0 Å². The number of hydrogen-bond acceptors (Lipinski definition) is 0. The van der Waals surface area contributed by atoms with Crippen LogP contribution in [-0.4, -0.2) is 0 Å². The summed E-state index contributed by atoms with van der Waals surface area (Å²) < 4.78 is 0. The molecule has 0 unspecified atom stereocenters. The van der Waals surface area contributed by atoms with Gasteiger partial charge in [-0.1, -0.05) is 101 Å². The minimum absolute atomic E-state index is 0.761. The first-order valence-corrected chi connectivity index (χ1v) is 14.0. The summed E-state index contributed by atoms with van der Waals surface area (Å²) in [6.07, 6.45) is 19.9. The minimum Gasteiger partial charge on any atom is -0.0654 e. The Kier molecular flexibility index (Phi) is 8.89. The molecule has 0 heteroatoms. The van der Waals surface area contributed by atoms with E-state index in [4.69, 9.17) is 0 Å². The van der Waals surface area contributed by atoms with Crippen LogP contribution in [0.5, 0.6) is 0 Å². The first-order valence-electron chi connectivity index (χ1n) is 14.0. The lowest BCUT2D eigenvalue weighted by atomic mass is 9.70. The zero-order valence-corrected chi connectivity index (χ0v) is 20.8. The van der Waals surface area contributed by atoms with Gasteiger partial charge in [0.05, 0.1) is 0 Å². The van der Waals surface area contributed by atoms with E-state index in [-0.39, 0.29) is 0 Å². The first kappa shape index (κ1) is 23.6. The molecule has 2 aliphatic rings. The van der Waals surface area contributed by atoms with Crippen molar-refractivity contribution in [2.75, 3.05) is 0 Å². The lowest BCUT2D eigenvalue weighted by Gasteiger charge is -2.35. The third kappa shape index (κ3) is 5.86. The molecule has 0 saturated heterocycles. The molecular weight excluding hydrogens is 384 g/mol. The van der Waals surface area contributed by atoms with Crippen LogP contribution < -0.4 is 0 Å². The van der Waals surface area contributed by atoms with Gasteiger partial charge >= 0.3 is 0 Å². The van der Waals surface area contributed by atoms with Crippen LogP contribution >= 0.6 is 0 Å². The number of benzene rings is 2. The lowest BCUT2D eigenvalue weighted by molar-refractivity contribution is 0.293. The molecule has 0 aromatic heterocycles. The van der Waals surface area contributed by atoms with Crippen LogP contribution in [0, 0.1) is 11.8 Å². The molecule has 2 aliphatic carbocycles. The zero-order valence-electron chi connectivity index (χ0n) is 20.8. The molecule has 0 amide bonds. The third-order valence-electron chi connectivity index (χ3n) is 8.68. The maximum Gasteiger partial charge on any atom is -0.0146 e. The Morgan fingerprint density at radius 3 is 1.91 bits per heavy atom. The highest BCUT2D eigenvalue weighted by molar-refractivity contribution is 5.70. The van der Waals surface area contributed by atoms with E-state index < -0.39 is 0 Å². The van der Waals surface area contributed by atoms with Gasteiger partial charge in [0, 0.05) is 0 Å². The van der Waals surface area contributed by atoms with Crippen molar-refractivity contribution in [2.45, 2.75) is 116 Å². The standard InChI is InChI=1S/C32H46/c1-3-5-7-12-26-17-21-28(22-18-26)31-16-10-15-30(27-13-8-6-9-14-27)32(31)29-23-19-25(11-4-2)20-24-29/h6,8-10,13-16,25-26,28-29H,3-5,7,11-12,17-24H2,1-2H3/t25-,26-,28-,29-. The van der Waals surface area contributed by atoms with Crippen LogP contribution in [0.25, 0.3) is 11.1 Å². The van der Waals surface area contributed by atoms with Crippen molar-refractivity contribution in [3.05, 3.63) is 59.7 Å². The lowest BCUT2D eigenvalue weighted by Crippen LogP contribution is -2.19. The molecule has 0 radical (unpaired) electrons. The van der Waals surface area contributed by atoms with E-state index >= 15 is 0 Å². The molecule has 2 saturated carbocycles. The number of rotatable bonds is 9. The summed E-state index contributed by atoms with van der Waals surface area (Å²) in [4.78, 5) is 0. The Balaban J connectivity index is 1.56. The fourth-order valence-electron chi connectivity index (χ4n) is 6.86. The molecule has 2 aromatic carbocycles. The van der Waals surface area contributed by atoms with Crippen molar-refractivity contribution < 1.29 is 0 Å². The SMILES string of the molecule is CCCCC[C@H]1CC[C@H](c2cccc(-c3ccccc3)c2[C@H]2CC[C@H](CCC)CC2)CC1. The van der Waals surface area contributed by atoms with E-state index in [2.05, 4.69) is 62.4 Å². The predicted molar refractivity (Wildman–Crippen MR) is 140 cm³/mol. The number of hydrogen-bond donors (Lipinski definition) is 0. The first-order chi connectivity index (χ1) is 15.8. The highest BCUT2D eigenvalue weighted by atomic mass is 14.3. The third-order valence-corrected chi connectivity index (χ3v) is 8.68. The predicted octanol–water partition coefficient (Wildman–Crippen LogP) is 10.3. The molecule has 32 heavy (non-hydrogen) atoms. The van der Waals surface area contributed by atoms with Crippen molar-refractivity contribution >= 4 is 0 Å². The summed E-state index contributed by atoms with van der Waals surface area (Å²) in [5.41, 5.74) is 6.42. The molecule has 0 N–H and O–H groups in total. The summed E-state index contributed by atoms with van der Waals surface area (Å²) in [6.45, 7) is 4.68. The largest absolute Gasteiger partial charge is 0.0654 e. The van der Waals surface area contributed by atoms with Gasteiger partial charge in [0.25, 0.3) is 0 Å². The smallest absolute Gasteiger partial charge is 0.0146 e. The molecule has 2 fully saturated rings. The highest BCUT2D eigenvalue weighted by Gasteiger charge is 2.30. The topological polar surface area (TPSA) is 0 Å². The maximum atomic E-state index is 2.52. The Morgan fingerprint density at radius 1 is 0.594 bits per heavy atom. The van der Waals surface area contributed by atoms with E-state index in [0.717, 1.165) is 23.7 Å². The van der Waals surface area contributed by atoms with Crippen molar-refractivity contribution in [3.8, 4) is 11.1 Å². The van der Waals surface area contributed by atoms with Gasteiger partial charge in [0.1, 0.15) is 0 Å². The molecule has 0 aliphatic heterocycles. The van der Waals surface area contributed by atoms with Crippen molar-refractivity contribution in [3.63, 3.8) is 0 Å². The van der Waals surface area contributed by atoms with Crippen LogP contribution in [0.15, 0.2) is 48.5 Å². The molecule has 0 heterocycles. The molecule has 174 valence electrons. The van der Waals surface area contributed by atoms with Crippen LogP contribution in [0.2, 0.25) is 0 Å². The quantitative estimate of drug-likeness (QED) is 0.347. The van der Waals surface area contributed by atoms with Crippen LogP contribution in [0.3, 0.4) is 0 Å². The fourth-order valence-corrected chi connectivity index (χ4v) is 6.86. The molecule has 0 spiro atoms. The summed E-state index contributed by atoms with van der Waals surface area (Å²) in [5.74, 6) is 3.51. The molecule has 4 rings (SSSR count). The van der Waals surface area contributed by atoms with Gasteiger partial charge in [0.2, 0.25) is 0 Å². The molecule has 0 nitrogen and oxygen atoms in total. The average molecular weight is 431 g/mol. The second-order valence-corrected chi connectivity index (χ2v) is 10.9. The van der Waals surface area contributed by atoms with Crippen LogP contribution in [0.1, 0.15) is 127 Å². The van der Waals surface area contributed by atoms with E-state index in [1.807, 2.05) is 0 Å². The highest BCUT2D eigenvalue weighted by Crippen LogP contribution is 2.47. The molecule has 2 aromatic rings.